The van der Waals surface area contributed by atoms with Crippen LogP contribution in [0, 0.1) is 20.8 Å². The number of nitrogens with one attached hydrogen (secondary N) is 1. The average Bonchev–Trinajstić information content (AvgIpc) is 3.27. The number of carbonyl (C=O) groups is 1. The summed E-state index contributed by atoms with van der Waals surface area (Å²) in [5.74, 6) is 1.03. The van der Waals surface area contributed by atoms with Gasteiger partial charge in [-0.2, -0.15) is 4.98 Å². The van der Waals surface area contributed by atoms with Gasteiger partial charge in [0.25, 0.3) is 0 Å². The van der Waals surface area contributed by atoms with E-state index in [4.69, 9.17) is 4.74 Å². The Balaban J connectivity index is 1.35. The third kappa shape index (κ3) is 4.52. The number of hydrogen-bond acceptors (Lipinski definition) is 5. The molecule has 0 spiro atoms. The lowest BCUT2D eigenvalue weighted by Gasteiger charge is -2.06. The number of aryl methyl sites for hydroxylation is 3. The van der Waals surface area contributed by atoms with Crippen molar-refractivity contribution in [3.05, 3.63) is 64.5 Å². The molecule has 6 nitrogen and oxygen atoms in total. The number of thiazole rings is 1. The minimum absolute atomic E-state index is 0.117. The molecule has 4 rings (SSSR count). The first-order valence-electron chi connectivity index (χ1n) is 9.91. The van der Waals surface area contributed by atoms with Crippen LogP contribution in [0.5, 0.6) is 5.75 Å². The van der Waals surface area contributed by atoms with E-state index in [0.717, 1.165) is 22.0 Å². The van der Waals surface area contributed by atoms with Gasteiger partial charge in [0.1, 0.15) is 5.75 Å². The smallest absolute Gasteiger partial charge is 0.250 e. The molecule has 0 saturated carbocycles. The van der Waals surface area contributed by atoms with Crippen molar-refractivity contribution < 1.29 is 9.53 Å². The van der Waals surface area contributed by atoms with E-state index in [2.05, 4.69) is 47.4 Å². The molecule has 1 N–H and O–H groups in total. The minimum Gasteiger partial charge on any atom is -0.494 e. The molecule has 0 unspecified atom stereocenters. The van der Waals surface area contributed by atoms with Gasteiger partial charge < -0.3 is 4.74 Å². The van der Waals surface area contributed by atoms with Crippen LogP contribution in [0.2, 0.25) is 0 Å². The first-order chi connectivity index (χ1) is 14.5. The molecule has 0 saturated heterocycles. The number of aromatic nitrogens is 3. The Morgan fingerprint density at radius 3 is 2.63 bits per heavy atom. The molecule has 2 heterocycles. The van der Waals surface area contributed by atoms with E-state index in [1.165, 1.54) is 28.0 Å². The third-order valence-electron chi connectivity index (χ3n) is 4.83. The van der Waals surface area contributed by atoms with Gasteiger partial charge >= 0.3 is 0 Å². The summed E-state index contributed by atoms with van der Waals surface area (Å²) >= 11 is 1.51. The lowest BCUT2D eigenvalue weighted by Crippen LogP contribution is -2.14. The monoisotopic (exact) mass is 420 g/mol. The highest BCUT2D eigenvalue weighted by Crippen LogP contribution is 2.28. The number of carbonyl (C=O) groups excluding carboxylic acids is 1. The zero-order valence-corrected chi connectivity index (χ0v) is 18.1. The molecule has 1 amide bonds. The maximum atomic E-state index is 12.3. The molecule has 154 valence electrons. The molecule has 7 heteroatoms. The second kappa shape index (κ2) is 8.67. The SMILES string of the molecule is Cc1ccc(OCCCC(=O)Nc2nc3scc(-c4ccc(C)cc4C)n3n2)cc1. The number of anilines is 1. The van der Waals surface area contributed by atoms with Gasteiger partial charge in [0.05, 0.1) is 12.3 Å². The fraction of sp³-hybridized carbons (Fsp3) is 0.261. The molecule has 2 aromatic carbocycles. The molecule has 0 aliphatic heterocycles. The van der Waals surface area contributed by atoms with Crippen molar-refractivity contribution in [3.63, 3.8) is 0 Å². The molecule has 0 bridgehead atoms. The molecule has 0 atom stereocenters. The summed E-state index contributed by atoms with van der Waals surface area (Å²) in [7, 11) is 0. The Kier molecular flexibility index (Phi) is 5.81. The van der Waals surface area contributed by atoms with Gasteiger partial charge in [-0.3, -0.25) is 10.1 Å². The number of fused-ring (bicyclic) bond motifs is 1. The molecule has 2 aromatic heterocycles. The van der Waals surface area contributed by atoms with Crippen molar-refractivity contribution in [1.29, 1.82) is 0 Å². The van der Waals surface area contributed by atoms with E-state index >= 15 is 0 Å². The molecule has 30 heavy (non-hydrogen) atoms. The van der Waals surface area contributed by atoms with E-state index in [1.54, 1.807) is 4.52 Å². The Bertz CT molecular complexity index is 1180. The van der Waals surface area contributed by atoms with E-state index in [-0.39, 0.29) is 5.91 Å². The largest absolute Gasteiger partial charge is 0.494 e. The number of amides is 1. The van der Waals surface area contributed by atoms with Crippen molar-refractivity contribution in [2.75, 3.05) is 11.9 Å². The van der Waals surface area contributed by atoms with Crippen molar-refractivity contribution in [3.8, 4) is 17.0 Å². The first-order valence-corrected chi connectivity index (χ1v) is 10.8. The Labute approximate surface area is 179 Å². The van der Waals surface area contributed by atoms with Gasteiger partial charge in [-0.05, 0) is 44.9 Å². The topological polar surface area (TPSA) is 68.5 Å². The second-order valence-corrected chi connectivity index (χ2v) is 8.22. The predicted octanol–water partition coefficient (Wildman–Crippen LogP) is 5.18. The van der Waals surface area contributed by atoms with Crippen LogP contribution in [0.1, 0.15) is 29.5 Å². The van der Waals surface area contributed by atoms with Crippen LogP contribution >= 0.6 is 11.3 Å². The van der Waals surface area contributed by atoms with Crippen LogP contribution < -0.4 is 10.1 Å². The number of hydrogen-bond donors (Lipinski definition) is 1. The zero-order chi connectivity index (χ0) is 21.1. The minimum atomic E-state index is -0.117. The van der Waals surface area contributed by atoms with Crippen LogP contribution in [0.3, 0.4) is 0 Å². The second-order valence-electron chi connectivity index (χ2n) is 7.38. The maximum absolute atomic E-state index is 12.3. The number of nitrogens with zero attached hydrogens (tertiary/aromatic N) is 3. The fourth-order valence-corrected chi connectivity index (χ4v) is 4.09. The number of ether oxygens (including phenoxy) is 1. The lowest BCUT2D eigenvalue weighted by molar-refractivity contribution is -0.116. The quantitative estimate of drug-likeness (QED) is 0.418. The van der Waals surface area contributed by atoms with E-state index < -0.39 is 0 Å². The molecule has 0 aliphatic carbocycles. The highest BCUT2D eigenvalue weighted by atomic mass is 32.1. The van der Waals surface area contributed by atoms with Crippen LogP contribution in [0.25, 0.3) is 16.2 Å². The first kappa shape index (κ1) is 20.1. The Morgan fingerprint density at radius 2 is 1.87 bits per heavy atom. The van der Waals surface area contributed by atoms with Crippen molar-refractivity contribution in [2.45, 2.75) is 33.6 Å². The summed E-state index contributed by atoms with van der Waals surface area (Å²) in [5.41, 5.74) is 5.69. The number of rotatable bonds is 7. The van der Waals surface area contributed by atoms with Crippen LogP contribution in [-0.2, 0) is 4.79 Å². The summed E-state index contributed by atoms with van der Waals surface area (Å²) < 4.78 is 7.46. The van der Waals surface area contributed by atoms with Crippen LogP contribution in [-0.4, -0.2) is 27.1 Å². The Morgan fingerprint density at radius 1 is 1.10 bits per heavy atom. The van der Waals surface area contributed by atoms with E-state index in [9.17, 15) is 4.79 Å². The molecular weight excluding hydrogens is 396 g/mol. The molecule has 4 aromatic rings. The maximum Gasteiger partial charge on any atom is 0.250 e. The van der Waals surface area contributed by atoms with Gasteiger partial charge in [-0.25, -0.2) is 4.52 Å². The normalized spacial score (nSPS) is 11.0. The van der Waals surface area contributed by atoms with E-state index in [0.29, 0.717) is 25.4 Å². The van der Waals surface area contributed by atoms with Crippen molar-refractivity contribution in [1.82, 2.24) is 14.6 Å². The highest BCUT2D eigenvalue weighted by Gasteiger charge is 2.14. The predicted molar refractivity (Wildman–Crippen MR) is 120 cm³/mol. The van der Waals surface area contributed by atoms with Gasteiger partial charge in [-0.15, -0.1) is 16.4 Å². The summed E-state index contributed by atoms with van der Waals surface area (Å²) in [6, 6.07) is 14.2. The van der Waals surface area contributed by atoms with Crippen LogP contribution in [0.4, 0.5) is 5.95 Å². The molecule has 0 radical (unpaired) electrons. The van der Waals surface area contributed by atoms with E-state index in [1.807, 2.05) is 36.6 Å². The van der Waals surface area contributed by atoms with Crippen molar-refractivity contribution >= 4 is 28.2 Å². The zero-order valence-electron chi connectivity index (χ0n) is 17.3. The third-order valence-corrected chi connectivity index (χ3v) is 5.64. The van der Waals surface area contributed by atoms with Crippen molar-refractivity contribution in [2.24, 2.45) is 0 Å². The number of benzene rings is 2. The van der Waals surface area contributed by atoms with Gasteiger partial charge in [0, 0.05) is 17.4 Å². The fourth-order valence-electron chi connectivity index (χ4n) is 3.27. The molecule has 0 fully saturated rings. The lowest BCUT2D eigenvalue weighted by atomic mass is 10.0. The van der Waals surface area contributed by atoms with Gasteiger partial charge in [0.2, 0.25) is 16.8 Å². The molecule has 0 aliphatic rings. The van der Waals surface area contributed by atoms with Crippen LogP contribution in [0.15, 0.2) is 47.8 Å². The summed E-state index contributed by atoms with van der Waals surface area (Å²) in [6.07, 6.45) is 0.971. The average molecular weight is 421 g/mol. The standard InChI is InChI=1S/C23H24N4O2S/c1-15-6-9-18(10-7-15)29-12-4-5-21(28)24-22-25-23-27(26-22)20(14-30-23)19-11-8-16(2)13-17(19)3/h6-11,13-14H,4-5,12H2,1-3H3,(H,24,26,28). The summed E-state index contributed by atoms with van der Waals surface area (Å²) in [5, 5.41) is 9.33. The highest BCUT2D eigenvalue weighted by molar-refractivity contribution is 7.15. The Hall–Kier alpha value is -3.19. The summed E-state index contributed by atoms with van der Waals surface area (Å²) in [6.45, 7) is 6.69. The van der Waals surface area contributed by atoms with Gasteiger partial charge in [0.15, 0.2) is 0 Å². The molecular formula is C23H24N4O2S. The summed E-state index contributed by atoms with van der Waals surface area (Å²) in [4.78, 5) is 17.5. The van der Waals surface area contributed by atoms with Gasteiger partial charge in [-0.1, -0.05) is 41.5 Å².